The molecule has 3 aromatic rings. The van der Waals surface area contributed by atoms with Crippen LogP contribution >= 0.6 is 0 Å². The zero-order valence-corrected chi connectivity index (χ0v) is 16.3. The minimum Gasteiger partial charge on any atom is -0.399 e. The number of rotatable bonds is 4. The second-order valence-electron chi connectivity index (χ2n) is 7.24. The van der Waals surface area contributed by atoms with Gasteiger partial charge >= 0.3 is 0 Å². The van der Waals surface area contributed by atoms with Crippen molar-refractivity contribution in [3.63, 3.8) is 0 Å². The monoisotopic (exact) mass is 393 g/mol. The van der Waals surface area contributed by atoms with Crippen molar-refractivity contribution in [2.75, 3.05) is 10.7 Å². The van der Waals surface area contributed by atoms with Crippen LogP contribution in [0.2, 0.25) is 0 Å². The second-order valence-corrected chi connectivity index (χ2v) is 7.24. The van der Waals surface area contributed by atoms with Gasteiger partial charge in [0.25, 0.3) is 5.95 Å². The Hall–Kier alpha value is -3.23. The lowest BCUT2D eigenvalue weighted by molar-refractivity contribution is 0.260. The third kappa shape index (κ3) is 3.48. The SMILES string of the molecule is Cc1cc(C2=NN(c3ncon3)C(C)Cc3cc(CO)c(CO)cc32)ccc1N. The molecule has 4 rings (SSSR count). The summed E-state index contributed by atoms with van der Waals surface area (Å²) in [5.41, 5.74) is 12.6. The predicted octanol–water partition coefficient (Wildman–Crippen LogP) is 2.15. The molecular weight excluding hydrogens is 370 g/mol. The molecule has 1 aliphatic heterocycles. The van der Waals surface area contributed by atoms with Crippen LogP contribution in [0.4, 0.5) is 11.6 Å². The minimum atomic E-state index is -0.165. The molecule has 0 aliphatic carbocycles. The number of fused-ring (bicyclic) bond motifs is 1. The van der Waals surface area contributed by atoms with E-state index in [1.54, 1.807) is 5.01 Å². The third-order valence-corrected chi connectivity index (χ3v) is 5.26. The van der Waals surface area contributed by atoms with Gasteiger partial charge in [-0.25, -0.2) is 5.01 Å². The summed E-state index contributed by atoms with van der Waals surface area (Å²) in [7, 11) is 0. The van der Waals surface area contributed by atoms with Crippen molar-refractivity contribution >= 4 is 17.3 Å². The maximum absolute atomic E-state index is 9.80. The molecule has 1 unspecified atom stereocenters. The molecule has 8 nitrogen and oxygen atoms in total. The number of aliphatic hydroxyl groups excluding tert-OH is 2. The fourth-order valence-corrected chi connectivity index (χ4v) is 3.63. The Balaban J connectivity index is 1.96. The van der Waals surface area contributed by atoms with E-state index in [0.29, 0.717) is 29.2 Å². The van der Waals surface area contributed by atoms with Gasteiger partial charge in [0.05, 0.1) is 25.0 Å². The van der Waals surface area contributed by atoms with Gasteiger partial charge in [-0.2, -0.15) is 10.1 Å². The van der Waals surface area contributed by atoms with Crippen molar-refractivity contribution in [3.05, 3.63) is 70.1 Å². The van der Waals surface area contributed by atoms with Crippen LogP contribution in [0.25, 0.3) is 0 Å². The van der Waals surface area contributed by atoms with E-state index in [2.05, 4.69) is 10.1 Å². The first-order valence-corrected chi connectivity index (χ1v) is 9.39. The lowest BCUT2D eigenvalue weighted by atomic mass is 9.90. The van der Waals surface area contributed by atoms with Gasteiger partial charge in [0.2, 0.25) is 6.39 Å². The van der Waals surface area contributed by atoms with Crippen LogP contribution < -0.4 is 10.7 Å². The number of hydrazone groups is 1. The van der Waals surface area contributed by atoms with Crippen molar-refractivity contribution in [3.8, 4) is 0 Å². The van der Waals surface area contributed by atoms with E-state index >= 15 is 0 Å². The van der Waals surface area contributed by atoms with Gasteiger partial charge in [-0.1, -0.05) is 12.1 Å². The zero-order valence-electron chi connectivity index (χ0n) is 16.3. The molecular formula is C21H23N5O3. The summed E-state index contributed by atoms with van der Waals surface area (Å²) in [6.07, 6.45) is 1.93. The van der Waals surface area contributed by atoms with Gasteiger partial charge in [0.15, 0.2) is 0 Å². The molecule has 4 N–H and O–H groups in total. The summed E-state index contributed by atoms with van der Waals surface area (Å²) < 4.78 is 4.93. The molecule has 0 radical (unpaired) electrons. The van der Waals surface area contributed by atoms with Crippen LogP contribution in [0.15, 0.2) is 46.3 Å². The van der Waals surface area contributed by atoms with Crippen molar-refractivity contribution in [2.24, 2.45) is 5.10 Å². The van der Waals surface area contributed by atoms with E-state index in [1.807, 2.05) is 44.2 Å². The molecule has 29 heavy (non-hydrogen) atoms. The number of nitrogen functional groups attached to an aromatic ring is 1. The largest absolute Gasteiger partial charge is 0.399 e. The summed E-state index contributed by atoms with van der Waals surface area (Å²) in [6, 6.07) is 9.56. The number of aliphatic hydroxyl groups is 2. The van der Waals surface area contributed by atoms with Gasteiger partial charge in [-0.05, 0) is 65.9 Å². The first-order valence-electron chi connectivity index (χ1n) is 9.39. The Morgan fingerprint density at radius 3 is 2.59 bits per heavy atom. The van der Waals surface area contributed by atoms with Crippen molar-refractivity contribution in [2.45, 2.75) is 39.5 Å². The smallest absolute Gasteiger partial charge is 0.286 e. The molecule has 1 aliphatic rings. The van der Waals surface area contributed by atoms with Gasteiger partial charge in [-0.3, -0.25) is 0 Å². The number of hydrogen-bond donors (Lipinski definition) is 3. The molecule has 0 spiro atoms. The number of aryl methyl sites for hydroxylation is 1. The Morgan fingerprint density at radius 1 is 1.17 bits per heavy atom. The third-order valence-electron chi connectivity index (χ3n) is 5.26. The minimum absolute atomic E-state index is 0.0507. The number of anilines is 2. The fourth-order valence-electron chi connectivity index (χ4n) is 3.63. The summed E-state index contributed by atoms with van der Waals surface area (Å²) in [5, 5.41) is 30.1. The van der Waals surface area contributed by atoms with E-state index in [4.69, 9.17) is 15.4 Å². The van der Waals surface area contributed by atoms with Crippen LogP contribution in [-0.4, -0.2) is 32.1 Å². The fraction of sp³-hybridized carbons (Fsp3) is 0.286. The Morgan fingerprint density at radius 2 is 1.93 bits per heavy atom. The van der Waals surface area contributed by atoms with Crippen LogP contribution in [0.3, 0.4) is 0 Å². The van der Waals surface area contributed by atoms with Gasteiger partial charge < -0.3 is 20.5 Å². The molecule has 150 valence electrons. The molecule has 1 aromatic heterocycles. The molecule has 0 saturated heterocycles. The first kappa shape index (κ1) is 19.1. The van der Waals surface area contributed by atoms with Gasteiger partial charge in [0.1, 0.15) is 0 Å². The Kier molecular flexibility index (Phi) is 5.04. The van der Waals surface area contributed by atoms with E-state index in [-0.39, 0.29) is 19.3 Å². The summed E-state index contributed by atoms with van der Waals surface area (Å²) in [6.45, 7) is 3.67. The van der Waals surface area contributed by atoms with E-state index in [9.17, 15) is 10.2 Å². The van der Waals surface area contributed by atoms with E-state index in [0.717, 1.165) is 28.0 Å². The maximum atomic E-state index is 9.80. The molecule has 0 bridgehead atoms. The van der Waals surface area contributed by atoms with Crippen molar-refractivity contribution in [1.82, 2.24) is 10.1 Å². The highest BCUT2D eigenvalue weighted by Gasteiger charge is 2.27. The molecule has 8 heteroatoms. The molecule has 2 heterocycles. The summed E-state index contributed by atoms with van der Waals surface area (Å²) in [4.78, 5) is 4.16. The molecule has 2 aromatic carbocycles. The average molecular weight is 393 g/mol. The highest BCUT2D eigenvalue weighted by molar-refractivity contribution is 6.14. The van der Waals surface area contributed by atoms with Crippen LogP contribution in [0, 0.1) is 6.92 Å². The quantitative estimate of drug-likeness (QED) is 0.581. The topological polar surface area (TPSA) is 121 Å². The molecule has 0 fully saturated rings. The number of nitrogens with zero attached hydrogens (tertiary/aromatic N) is 4. The molecule has 0 saturated carbocycles. The van der Waals surface area contributed by atoms with Gasteiger partial charge in [0, 0.05) is 16.8 Å². The highest BCUT2D eigenvalue weighted by atomic mass is 16.5. The van der Waals surface area contributed by atoms with E-state index < -0.39 is 0 Å². The van der Waals surface area contributed by atoms with E-state index in [1.165, 1.54) is 6.39 Å². The second kappa shape index (κ2) is 7.65. The first-order chi connectivity index (χ1) is 14.0. The molecule has 1 atom stereocenters. The lowest BCUT2D eigenvalue weighted by Crippen LogP contribution is -2.30. The number of benzene rings is 2. The number of hydrogen-bond acceptors (Lipinski definition) is 8. The van der Waals surface area contributed by atoms with Crippen molar-refractivity contribution in [1.29, 1.82) is 0 Å². The van der Waals surface area contributed by atoms with Crippen molar-refractivity contribution < 1.29 is 14.7 Å². The lowest BCUT2D eigenvalue weighted by Gasteiger charge is -2.21. The average Bonchev–Trinajstić information content (AvgIpc) is 3.20. The summed E-state index contributed by atoms with van der Waals surface area (Å²) in [5.74, 6) is 0.375. The normalized spacial score (nSPS) is 16.3. The summed E-state index contributed by atoms with van der Waals surface area (Å²) >= 11 is 0. The molecule has 0 amide bonds. The van der Waals surface area contributed by atoms with Crippen LogP contribution in [0.5, 0.6) is 0 Å². The standard InChI is InChI=1S/C21H23N5O3/c1-12-5-14(3-4-19(12)22)20-18-8-17(10-28)16(9-27)7-15(18)6-13(2)26(24-20)21-23-11-29-25-21/h3-5,7-8,11,13,27-28H,6,9-10,22H2,1-2H3. The highest BCUT2D eigenvalue weighted by Crippen LogP contribution is 2.29. The van der Waals surface area contributed by atoms with Crippen LogP contribution in [-0.2, 0) is 19.6 Å². The predicted molar refractivity (Wildman–Crippen MR) is 109 cm³/mol. The number of aromatic nitrogens is 2. The van der Waals surface area contributed by atoms with Crippen LogP contribution in [0.1, 0.15) is 40.3 Å². The zero-order chi connectivity index (χ0) is 20.5. The Labute approximate surface area is 168 Å². The maximum Gasteiger partial charge on any atom is 0.286 e. The Bertz CT molecular complexity index is 1060. The number of nitrogens with two attached hydrogens (primary N) is 1. The van der Waals surface area contributed by atoms with Gasteiger partial charge in [-0.15, -0.1) is 0 Å².